The van der Waals surface area contributed by atoms with Gasteiger partial charge in [-0.3, -0.25) is 4.79 Å². The number of amides is 1. The molecule has 2 N–H and O–H groups in total. The van der Waals surface area contributed by atoms with E-state index in [1.165, 1.54) is 11.1 Å². The van der Waals surface area contributed by atoms with Crippen LogP contribution in [0.5, 0.6) is 0 Å². The molecule has 0 saturated heterocycles. The summed E-state index contributed by atoms with van der Waals surface area (Å²) in [5.41, 5.74) is 8.31. The van der Waals surface area contributed by atoms with Crippen molar-refractivity contribution in [3.05, 3.63) is 35.4 Å². The van der Waals surface area contributed by atoms with Crippen LogP contribution < -0.4 is 5.73 Å². The van der Waals surface area contributed by atoms with Crippen LogP contribution in [0, 0.1) is 12.8 Å². The number of carbonyl (C=O) groups excluding carboxylic acids is 1. The molecule has 0 spiro atoms. The van der Waals surface area contributed by atoms with E-state index in [-0.39, 0.29) is 17.9 Å². The molecule has 0 aliphatic heterocycles. The number of aryl methyl sites for hydroxylation is 1. The SMILES string of the molecule is Cc1cccc(CN(C(=O)C(C)C(C)N)C2CC2)c1. The molecule has 1 aromatic carbocycles. The summed E-state index contributed by atoms with van der Waals surface area (Å²) in [7, 11) is 0. The van der Waals surface area contributed by atoms with Gasteiger partial charge in [-0.25, -0.2) is 0 Å². The van der Waals surface area contributed by atoms with Gasteiger partial charge in [0.05, 0.1) is 5.92 Å². The quantitative estimate of drug-likeness (QED) is 0.884. The summed E-state index contributed by atoms with van der Waals surface area (Å²) in [6, 6.07) is 8.71. The Kier molecular flexibility index (Phi) is 4.25. The van der Waals surface area contributed by atoms with Crippen molar-refractivity contribution < 1.29 is 4.79 Å². The van der Waals surface area contributed by atoms with Crippen LogP contribution in [0.4, 0.5) is 0 Å². The van der Waals surface area contributed by atoms with Gasteiger partial charge in [0.25, 0.3) is 0 Å². The summed E-state index contributed by atoms with van der Waals surface area (Å²) in [5.74, 6) is 0.0874. The van der Waals surface area contributed by atoms with Crippen molar-refractivity contribution in [2.45, 2.75) is 52.2 Å². The third-order valence-corrected chi connectivity index (χ3v) is 3.88. The minimum Gasteiger partial charge on any atom is -0.335 e. The maximum absolute atomic E-state index is 12.5. The number of nitrogens with two attached hydrogens (primary N) is 1. The molecule has 3 nitrogen and oxygen atoms in total. The Hall–Kier alpha value is -1.35. The van der Waals surface area contributed by atoms with E-state index < -0.39 is 0 Å². The molecule has 1 aromatic rings. The Morgan fingerprint density at radius 2 is 2.11 bits per heavy atom. The van der Waals surface area contributed by atoms with Gasteiger partial charge in [-0.1, -0.05) is 36.8 Å². The second-order valence-electron chi connectivity index (χ2n) is 5.83. The predicted molar refractivity (Wildman–Crippen MR) is 77.6 cm³/mol. The van der Waals surface area contributed by atoms with Gasteiger partial charge in [0, 0.05) is 18.6 Å². The van der Waals surface area contributed by atoms with Crippen LogP contribution in [0.15, 0.2) is 24.3 Å². The lowest BCUT2D eigenvalue weighted by atomic mass is 10.0. The number of nitrogens with zero attached hydrogens (tertiary/aromatic N) is 1. The molecule has 0 heterocycles. The molecule has 0 radical (unpaired) electrons. The normalized spacial score (nSPS) is 17.9. The van der Waals surface area contributed by atoms with E-state index in [4.69, 9.17) is 5.73 Å². The maximum atomic E-state index is 12.5. The minimum atomic E-state index is -0.106. The fourth-order valence-electron chi connectivity index (χ4n) is 2.27. The number of hydrogen-bond acceptors (Lipinski definition) is 2. The highest BCUT2D eigenvalue weighted by Gasteiger charge is 2.35. The zero-order valence-corrected chi connectivity index (χ0v) is 12.1. The van der Waals surface area contributed by atoms with Gasteiger partial charge in [0.2, 0.25) is 5.91 Å². The highest BCUT2D eigenvalue weighted by atomic mass is 16.2. The third kappa shape index (κ3) is 3.57. The largest absolute Gasteiger partial charge is 0.335 e. The van der Waals surface area contributed by atoms with E-state index in [1.807, 2.05) is 18.7 Å². The second-order valence-corrected chi connectivity index (χ2v) is 5.83. The van der Waals surface area contributed by atoms with Crippen LogP contribution in [0.1, 0.15) is 37.8 Å². The molecular weight excluding hydrogens is 236 g/mol. The molecule has 3 heteroatoms. The van der Waals surface area contributed by atoms with Crippen molar-refractivity contribution in [3.63, 3.8) is 0 Å². The molecule has 1 aliphatic carbocycles. The van der Waals surface area contributed by atoms with E-state index in [9.17, 15) is 4.79 Å². The van der Waals surface area contributed by atoms with Crippen LogP contribution >= 0.6 is 0 Å². The van der Waals surface area contributed by atoms with Gasteiger partial charge in [-0.05, 0) is 32.3 Å². The summed E-state index contributed by atoms with van der Waals surface area (Å²) < 4.78 is 0. The molecule has 1 fully saturated rings. The Morgan fingerprint density at radius 3 is 2.63 bits per heavy atom. The van der Waals surface area contributed by atoms with E-state index >= 15 is 0 Å². The fraction of sp³-hybridized carbons (Fsp3) is 0.562. The molecule has 0 bridgehead atoms. The van der Waals surface area contributed by atoms with Gasteiger partial charge < -0.3 is 10.6 Å². The van der Waals surface area contributed by atoms with E-state index in [1.54, 1.807) is 0 Å². The van der Waals surface area contributed by atoms with Gasteiger partial charge in [-0.2, -0.15) is 0 Å². The number of benzene rings is 1. The van der Waals surface area contributed by atoms with Crippen molar-refractivity contribution in [2.75, 3.05) is 0 Å². The molecule has 2 atom stereocenters. The first kappa shape index (κ1) is 14.1. The van der Waals surface area contributed by atoms with Crippen LogP contribution in [-0.2, 0) is 11.3 Å². The molecular formula is C16H24N2O. The number of carbonyl (C=O) groups is 1. The molecule has 2 unspecified atom stereocenters. The Bertz CT molecular complexity index is 452. The van der Waals surface area contributed by atoms with Gasteiger partial charge in [0.1, 0.15) is 0 Å². The minimum absolute atomic E-state index is 0.0914. The average molecular weight is 260 g/mol. The predicted octanol–water partition coefficient (Wildman–Crippen LogP) is 2.47. The lowest BCUT2D eigenvalue weighted by Gasteiger charge is -2.27. The highest BCUT2D eigenvalue weighted by Crippen LogP contribution is 2.30. The molecule has 1 aliphatic rings. The van der Waals surface area contributed by atoms with Crippen molar-refractivity contribution in [1.82, 2.24) is 4.90 Å². The van der Waals surface area contributed by atoms with Crippen LogP contribution in [0.2, 0.25) is 0 Å². The number of hydrogen-bond donors (Lipinski definition) is 1. The Morgan fingerprint density at radius 1 is 1.42 bits per heavy atom. The lowest BCUT2D eigenvalue weighted by molar-refractivity contribution is -0.136. The molecule has 1 amide bonds. The molecule has 1 saturated carbocycles. The molecule has 2 rings (SSSR count). The topological polar surface area (TPSA) is 46.3 Å². The molecule has 0 aromatic heterocycles. The van der Waals surface area contributed by atoms with Gasteiger partial charge in [-0.15, -0.1) is 0 Å². The summed E-state index contributed by atoms with van der Waals surface area (Å²) >= 11 is 0. The van der Waals surface area contributed by atoms with E-state index in [0.717, 1.165) is 12.8 Å². The lowest BCUT2D eigenvalue weighted by Crippen LogP contribution is -2.42. The van der Waals surface area contributed by atoms with E-state index in [2.05, 4.69) is 31.2 Å². The highest BCUT2D eigenvalue weighted by molar-refractivity contribution is 5.79. The van der Waals surface area contributed by atoms with Gasteiger partial charge in [0.15, 0.2) is 0 Å². The maximum Gasteiger partial charge on any atom is 0.227 e. The zero-order valence-electron chi connectivity index (χ0n) is 12.1. The monoisotopic (exact) mass is 260 g/mol. The van der Waals surface area contributed by atoms with Crippen LogP contribution in [-0.4, -0.2) is 22.9 Å². The fourth-order valence-corrected chi connectivity index (χ4v) is 2.27. The Labute approximate surface area is 115 Å². The van der Waals surface area contributed by atoms with Crippen molar-refractivity contribution >= 4 is 5.91 Å². The van der Waals surface area contributed by atoms with E-state index in [0.29, 0.717) is 12.6 Å². The molecule has 104 valence electrons. The average Bonchev–Trinajstić information content (AvgIpc) is 3.18. The van der Waals surface area contributed by atoms with Crippen LogP contribution in [0.25, 0.3) is 0 Å². The first-order valence-electron chi connectivity index (χ1n) is 7.10. The first-order valence-corrected chi connectivity index (χ1v) is 7.10. The van der Waals surface area contributed by atoms with Crippen LogP contribution in [0.3, 0.4) is 0 Å². The van der Waals surface area contributed by atoms with Gasteiger partial charge >= 0.3 is 0 Å². The third-order valence-electron chi connectivity index (χ3n) is 3.88. The standard InChI is InChI=1S/C16H24N2O/c1-11-5-4-6-14(9-11)10-18(15-7-8-15)16(19)12(2)13(3)17/h4-6,9,12-13,15H,7-8,10,17H2,1-3H3. The summed E-state index contributed by atoms with van der Waals surface area (Å²) in [5, 5.41) is 0. The van der Waals surface area contributed by atoms with Crippen molar-refractivity contribution in [2.24, 2.45) is 11.7 Å². The molecule has 19 heavy (non-hydrogen) atoms. The zero-order chi connectivity index (χ0) is 14.0. The second kappa shape index (κ2) is 5.74. The Balaban J connectivity index is 2.10. The van der Waals surface area contributed by atoms with Crippen molar-refractivity contribution in [3.8, 4) is 0 Å². The summed E-state index contributed by atoms with van der Waals surface area (Å²) in [4.78, 5) is 14.5. The summed E-state index contributed by atoms with van der Waals surface area (Å²) in [6.07, 6.45) is 2.26. The van der Waals surface area contributed by atoms with Crippen molar-refractivity contribution in [1.29, 1.82) is 0 Å². The summed E-state index contributed by atoms with van der Waals surface area (Å²) in [6.45, 7) is 6.62. The number of rotatable bonds is 5. The smallest absolute Gasteiger partial charge is 0.227 e. The first-order chi connectivity index (χ1) is 8.99.